The summed E-state index contributed by atoms with van der Waals surface area (Å²) in [5, 5.41) is 15.1. The van der Waals surface area contributed by atoms with E-state index in [1.807, 2.05) is 0 Å². The second-order valence-corrected chi connectivity index (χ2v) is 1.76. The van der Waals surface area contributed by atoms with Crippen LogP contribution >= 0.6 is 0 Å². The predicted molar refractivity (Wildman–Crippen MR) is 30.2 cm³/mol. The monoisotopic (exact) mass is 230 g/mol. The Hall–Kier alpha value is -1.48. The Labute approximate surface area is 71.9 Å². The van der Waals surface area contributed by atoms with E-state index in [4.69, 9.17) is 10.2 Å². The van der Waals surface area contributed by atoms with Crippen molar-refractivity contribution in [2.75, 3.05) is 0 Å². The van der Waals surface area contributed by atoms with Crippen LogP contribution in [-0.2, 0) is 9.59 Å². The van der Waals surface area contributed by atoms with Crippen LogP contribution in [0.2, 0.25) is 0 Å². The molecule has 0 aromatic rings. The molecule has 0 bridgehead atoms. The van der Waals surface area contributed by atoms with E-state index in [0.717, 1.165) is 0 Å². The Morgan fingerprint density at radius 1 is 0.786 bits per heavy atom. The molecule has 2 N–H and O–H groups in total. The minimum Gasteiger partial charge on any atom is -0.477 e. The van der Waals surface area contributed by atoms with Gasteiger partial charge in [-0.05, 0) is 0 Å². The average molecular weight is 230 g/mol. The number of carboxylic acids is 2. The van der Waals surface area contributed by atoms with Gasteiger partial charge in [-0.3, -0.25) is 9.41 Å². The van der Waals surface area contributed by atoms with Gasteiger partial charge in [-0.2, -0.15) is 17.6 Å². The third-order valence-corrected chi connectivity index (χ3v) is 0.932. The number of halogens is 6. The summed E-state index contributed by atoms with van der Waals surface area (Å²) in [6, 6.07) is 0. The summed E-state index contributed by atoms with van der Waals surface area (Å²) >= 11 is 0. The first-order chi connectivity index (χ1) is 5.14. The van der Waals surface area contributed by atoms with Gasteiger partial charge >= 0.3 is 23.8 Å². The molecule has 4 nitrogen and oxygen atoms in total. The summed E-state index contributed by atoms with van der Waals surface area (Å²) in [5.41, 5.74) is 0. The molecular weight excluding hydrogens is 226 g/mol. The first-order valence-corrected chi connectivity index (χ1v) is 2.36. The normalized spacial score (nSPS) is 10.9. The molecule has 86 valence electrons. The lowest BCUT2D eigenvalue weighted by molar-refractivity contribution is -0.231. The maximum atomic E-state index is 11.8. The van der Waals surface area contributed by atoms with Gasteiger partial charge in [-0.25, -0.2) is 9.59 Å². The van der Waals surface area contributed by atoms with Crippen molar-refractivity contribution in [2.24, 2.45) is 0 Å². The highest BCUT2D eigenvalue weighted by Crippen LogP contribution is 2.34. The number of hydrogen-bond acceptors (Lipinski definition) is 2. The first kappa shape index (κ1) is 18.3. The van der Waals surface area contributed by atoms with Gasteiger partial charge in [0.25, 0.3) is 0 Å². The molecule has 0 aliphatic heterocycles. The summed E-state index contributed by atoms with van der Waals surface area (Å²) in [6.07, 6.45) is 0. The lowest BCUT2D eigenvalue weighted by atomic mass is 10.2. The Kier molecular flexibility index (Phi) is 6.12. The van der Waals surface area contributed by atoms with Gasteiger partial charge in [0.1, 0.15) is 0 Å². The van der Waals surface area contributed by atoms with Gasteiger partial charge in [-0.15, -0.1) is 0 Å². The Morgan fingerprint density at radius 3 is 1.00 bits per heavy atom. The summed E-state index contributed by atoms with van der Waals surface area (Å²) in [7, 11) is 0. The zero-order valence-corrected chi connectivity index (χ0v) is 6.04. The first-order valence-electron chi connectivity index (χ1n) is 2.36. The van der Waals surface area contributed by atoms with Crippen LogP contribution in [0.15, 0.2) is 0 Å². The molecule has 0 radical (unpaired) electrons. The van der Waals surface area contributed by atoms with Gasteiger partial charge in [0.15, 0.2) is 0 Å². The van der Waals surface area contributed by atoms with E-state index in [2.05, 4.69) is 0 Å². The van der Waals surface area contributed by atoms with Crippen LogP contribution < -0.4 is 0 Å². The van der Waals surface area contributed by atoms with Crippen LogP contribution in [-0.4, -0.2) is 34.0 Å². The zero-order chi connectivity index (χ0) is 10.2. The smallest absolute Gasteiger partial charge is 0.415 e. The lowest BCUT2D eigenvalue weighted by Gasteiger charge is -2.17. The molecule has 14 heavy (non-hydrogen) atoms. The van der Waals surface area contributed by atoms with E-state index in [9.17, 15) is 27.2 Å². The van der Waals surface area contributed by atoms with E-state index >= 15 is 0 Å². The molecule has 0 unspecified atom stereocenters. The molecule has 0 spiro atoms. The molecule has 0 aromatic heterocycles. The van der Waals surface area contributed by atoms with Gasteiger partial charge in [0, 0.05) is 0 Å². The average Bonchev–Trinajstić information content (AvgIpc) is 1.86. The van der Waals surface area contributed by atoms with Crippen molar-refractivity contribution in [1.82, 2.24) is 0 Å². The second kappa shape index (κ2) is 4.67. The Bertz CT molecular complexity index is 202. The quantitative estimate of drug-likeness (QED) is 0.701. The van der Waals surface area contributed by atoms with Crippen molar-refractivity contribution in [3.8, 4) is 0 Å². The van der Waals surface area contributed by atoms with Crippen molar-refractivity contribution in [3.63, 3.8) is 0 Å². The highest BCUT2D eigenvalue weighted by atomic mass is 19.3. The van der Waals surface area contributed by atoms with Crippen LogP contribution in [0.3, 0.4) is 0 Å². The zero-order valence-electron chi connectivity index (χ0n) is 6.04. The molecule has 0 fully saturated rings. The van der Waals surface area contributed by atoms with Crippen LogP contribution in [0.4, 0.5) is 27.0 Å². The molecule has 0 aliphatic carbocycles. The summed E-state index contributed by atoms with van der Waals surface area (Å²) in [5.74, 6) is -17.6. The van der Waals surface area contributed by atoms with Crippen LogP contribution in [0, 0.1) is 0 Å². The van der Waals surface area contributed by atoms with Crippen LogP contribution in [0.1, 0.15) is 0 Å². The third-order valence-electron chi connectivity index (χ3n) is 0.932. The van der Waals surface area contributed by atoms with Crippen molar-refractivity contribution >= 4 is 11.9 Å². The number of alkyl halides is 4. The highest BCUT2D eigenvalue weighted by molar-refractivity contribution is 5.88. The van der Waals surface area contributed by atoms with E-state index in [-0.39, 0.29) is 9.41 Å². The van der Waals surface area contributed by atoms with E-state index in [0.29, 0.717) is 0 Å². The second-order valence-electron chi connectivity index (χ2n) is 1.76. The molecule has 0 rings (SSSR count). The molecule has 10 heteroatoms. The Morgan fingerprint density at radius 2 is 0.929 bits per heavy atom. The minimum absolute atomic E-state index is 0. The van der Waals surface area contributed by atoms with Gasteiger partial charge in [-0.1, -0.05) is 0 Å². The molecule has 0 heterocycles. The number of carbonyl (C=O) groups is 2. The highest BCUT2D eigenvalue weighted by Gasteiger charge is 2.68. The standard InChI is InChI=1S/C4H2F4O4.2FH/c5-3(6,1(9)10)4(7,8)2(11)12;;/h(H,9,10)(H,11,12);2*1H. The number of hydrogen-bond donors (Lipinski definition) is 2. The molecular formula is C4H4F6O4. The molecule has 0 aliphatic rings. The van der Waals surface area contributed by atoms with Crippen molar-refractivity contribution < 1.29 is 46.8 Å². The van der Waals surface area contributed by atoms with Gasteiger partial charge in [0.05, 0.1) is 0 Å². The largest absolute Gasteiger partial charge is 0.477 e. The van der Waals surface area contributed by atoms with Crippen molar-refractivity contribution in [2.45, 2.75) is 11.8 Å². The summed E-state index contributed by atoms with van der Waals surface area (Å²) in [4.78, 5) is 19.0. The van der Waals surface area contributed by atoms with Gasteiger partial charge < -0.3 is 10.2 Å². The summed E-state index contributed by atoms with van der Waals surface area (Å²) in [6.45, 7) is 0. The van der Waals surface area contributed by atoms with Gasteiger partial charge in [0.2, 0.25) is 0 Å². The fourth-order valence-corrected chi connectivity index (χ4v) is 0.269. The number of aliphatic carboxylic acids is 2. The van der Waals surface area contributed by atoms with Crippen LogP contribution in [0.25, 0.3) is 0 Å². The fourth-order valence-electron chi connectivity index (χ4n) is 0.269. The molecule has 0 saturated heterocycles. The lowest BCUT2D eigenvalue weighted by Crippen LogP contribution is -2.52. The van der Waals surface area contributed by atoms with E-state index in [1.165, 1.54) is 0 Å². The Balaban J connectivity index is -0.000000605. The SMILES string of the molecule is F.F.O=C(O)C(F)(F)C(F)(F)C(=O)O. The maximum absolute atomic E-state index is 11.8. The molecule has 0 atom stereocenters. The molecule has 0 saturated carbocycles. The number of carboxylic acid groups (broad SMARTS) is 2. The summed E-state index contributed by atoms with van der Waals surface area (Å²) < 4.78 is 47.4. The van der Waals surface area contributed by atoms with Crippen molar-refractivity contribution in [1.29, 1.82) is 0 Å². The minimum atomic E-state index is -5.60. The maximum Gasteiger partial charge on any atom is 0.415 e. The number of rotatable bonds is 3. The van der Waals surface area contributed by atoms with E-state index in [1.54, 1.807) is 0 Å². The topological polar surface area (TPSA) is 74.6 Å². The molecule has 0 amide bonds. The van der Waals surface area contributed by atoms with Crippen LogP contribution in [0.5, 0.6) is 0 Å². The predicted octanol–water partition coefficient (Wildman–Crippen LogP) is 0.731. The molecule has 0 aromatic carbocycles. The fraction of sp³-hybridized carbons (Fsp3) is 0.500. The third kappa shape index (κ3) is 2.50. The van der Waals surface area contributed by atoms with E-state index < -0.39 is 23.8 Å². The van der Waals surface area contributed by atoms with Crippen molar-refractivity contribution in [3.05, 3.63) is 0 Å².